The molecule has 0 aliphatic heterocycles. The molecular weight excluding hydrogens is 220 g/mol. The lowest BCUT2D eigenvalue weighted by Gasteiger charge is -2.35. The van der Waals surface area contributed by atoms with Crippen molar-refractivity contribution in [3.05, 3.63) is 0 Å². The molecule has 0 saturated carbocycles. The van der Waals surface area contributed by atoms with Crippen molar-refractivity contribution in [3.63, 3.8) is 0 Å². The van der Waals surface area contributed by atoms with Crippen LogP contribution in [0.2, 0.25) is 0 Å². The molecule has 0 unspecified atom stereocenters. The molecule has 0 aromatic rings. The summed E-state index contributed by atoms with van der Waals surface area (Å²) in [6.07, 6.45) is 5.23. The monoisotopic (exact) mass is 256 g/mol. The van der Waals surface area contributed by atoms with Crippen LogP contribution in [0, 0.1) is 5.41 Å². The van der Waals surface area contributed by atoms with E-state index in [1.807, 2.05) is 0 Å². The Kier molecular flexibility index (Phi) is 9.76. The van der Waals surface area contributed by atoms with Crippen LogP contribution in [0.1, 0.15) is 67.2 Å². The molecule has 0 atom stereocenters. The van der Waals surface area contributed by atoms with Gasteiger partial charge in [0, 0.05) is 19.1 Å². The van der Waals surface area contributed by atoms with Crippen LogP contribution in [0.15, 0.2) is 0 Å². The minimum Gasteiger partial charge on any atom is -0.316 e. The van der Waals surface area contributed by atoms with Gasteiger partial charge in [-0.2, -0.15) is 0 Å². The van der Waals surface area contributed by atoms with Gasteiger partial charge in [-0.3, -0.25) is 0 Å². The van der Waals surface area contributed by atoms with Gasteiger partial charge in [0.25, 0.3) is 0 Å². The van der Waals surface area contributed by atoms with Crippen LogP contribution < -0.4 is 5.32 Å². The summed E-state index contributed by atoms with van der Waals surface area (Å²) in [7, 11) is 0. The molecule has 0 saturated heterocycles. The van der Waals surface area contributed by atoms with Gasteiger partial charge in [-0.25, -0.2) is 0 Å². The summed E-state index contributed by atoms with van der Waals surface area (Å²) < 4.78 is 0. The van der Waals surface area contributed by atoms with E-state index >= 15 is 0 Å². The lowest BCUT2D eigenvalue weighted by Crippen LogP contribution is -2.43. The van der Waals surface area contributed by atoms with Gasteiger partial charge in [-0.1, -0.05) is 40.5 Å². The fourth-order valence-electron chi connectivity index (χ4n) is 2.29. The first-order valence-corrected chi connectivity index (χ1v) is 7.87. The average Bonchev–Trinajstić information content (AvgIpc) is 2.28. The summed E-state index contributed by atoms with van der Waals surface area (Å²) in [6, 6.07) is 0.660. The van der Waals surface area contributed by atoms with Crippen LogP contribution in [0.3, 0.4) is 0 Å². The number of nitrogens with zero attached hydrogens (tertiary/aromatic N) is 1. The first-order chi connectivity index (χ1) is 8.43. The molecule has 0 fully saturated rings. The molecule has 110 valence electrons. The number of rotatable bonds is 11. The third-order valence-electron chi connectivity index (χ3n) is 3.44. The molecule has 0 bridgehead atoms. The molecule has 0 aliphatic rings. The van der Waals surface area contributed by atoms with E-state index in [0.29, 0.717) is 11.5 Å². The van der Waals surface area contributed by atoms with Crippen molar-refractivity contribution >= 4 is 0 Å². The van der Waals surface area contributed by atoms with Gasteiger partial charge in [0.15, 0.2) is 0 Å². The van der Waals surface area contributed by atoms with Crippen LogP contribution in [-0.4, -0.2) is 37.1 Å². The van der Waals surface area contributed by atoms with Crippen molar-refractivity contribution in [3.8, 4) is 0 Å². The highest BCUT2D eigenvalue weighted by atomic mass is 15.2. The normalized spacial score (nSPS) is 12.7. The van der Waals surface area contributed by atoms with Crippen molar-refractivity contribution in [2.24, 2.45) is 5.41 Å². The molecule has 1 N–H and O–H groups in total. The van der Waals surface area contributed by atoms with Gasteiger partial charge in [-0.05, 0) is 45.2 Å². The van der Waals surface area contributed by atoms with E-state index in [2.05, 4.69) is 51.8 Å². The van der Waals surface area contributed by atoms with Crippen molar-refractivity contribution in [2.45, 2.75) is 73.3 Å². The number of nitrogens with one attached hydrogen (secondary N) is 1. The highest BCUT2D eigenvalue weighted by Gasteiger charge is 2.22. The van der Waals surface area contributed by atoms with Gasteiger partial charge in [0.2, 0.25) is 0 Å². The Labute approximate surface area is 116 Å². The summed E-state index contributed by atoms with van der Waals surface area (Å²) in [4.78, 5) is 2.64. The van der Waals surface area contributed by atoms with Gasteiger partial charge >= 0.3 is 0 Å². The maximum Gasteiger partial charge on any atom is 0.00475 e. The maximum atomic E-state index is 3.56. The third-order valence-corrected chi connectivity index (χ3v) is 3.44. The number of unbranched alkanes of at least 4 members (excludes halogenated alkanes) is 2. The van der Waals surface area contributed by atoms with Gasteiger partial charge in [-0.15, -0.1) is 0 Å². The fraction of sp³-hybridized carbons (Fsp3) is 1.00. The zero-order chi connectivity index (χ0) is 14.0. The highest BCUT2D eigenvalue weighted by Crippen LogP contribution is 2.18. The first kappa shape index (κ1) is 17.9. The second-order valence-corrected chi connectivity index (χ2v) is 6.61. The predicted molar refractivity (Wildman–Crippen MR) is 83.2 cm³/mol. The molecule has 0 aliphatic carbocycles. The summed E-state index contributed by atoms with van der Waals surface area (Å²) in [5.41, 5.74) is 0.367. The van der Waals surface area contributed by atoms with Gasteiger partial charge in [0.1, 0.15) is 0 Å². The van der Waals surface area contributed by atoms with Gasteiger partial charge in [0.05, 0.1) is 0 Å². The van der Waals surface area contributed by atoms with Crippen molar-refractivity contribution in [2.75, 3.05) is 26.2 Å². The summed E-state index contributed by atoms with van der Waals surface area (Å²) in [6.45, 7) is 18.6. The average molecular weight is 256 g/mol. The Balaban J connectivity index is 4.11. The predicted octanol–water partition coefficient (Wildman–Crippen LogP) is 3.91. The molecule has 0 aromatic heterocycles. The topological polar surface area (TPSA) is 15.3 Å². The van der Waals surface area contributed by atoms with E-state index in [-0.39, 0.29) is 0 Å². The lowest BCUT2D eigenvalue weighted by molar-refractivity contribution is 0.140. The Hall–Kier alpha value is -0.0800. The second-order valence-electron chi connectivity index (χ2n) is 6.61. The molecule has 0 spiro atoms. The van der Waals surface area contributed by atoms with E-state index in [9.17, 15) is 0 Å². The number of hydrogen-bond acceptors (Lipinski definition) is 2. The molecule has 0 heterocycles. The van der Waals surface area contributed by atoms with Crippen molar-refractivity contribution in [1.29, 1.82) is 0 Å². The van der Waals surface area contributed by atoms with E-state index in [4.69, 9.17) is 0 Å². The molecule has 2 nitrogen and oxygen atoms in total. The van der Waals surface area contributed by atoms with E-state index < -0.39 is 0 Å². The Bertz CT molecular complexity index is 188. The zero-order valence-electron chi connectivity index (χ0n) is 13.7. The highest BCUT2D eigenvalue weighted by molar-refractivity contribution is 4.78. The molecular formula is C16H36N2. The molecule has 18 heavy (non-hydrogen) atoms. The Morgan fingerprint density at radius 3 is 2.22 bits per heavy atom. The van der Waals surface area contributed by atoms with Crippen molar-refractivity contribution < 1.29 is 0 Å². The maximum absolute atomic E-state index is 3.56. The Morgan fingerprint density at radius 1 is 1.06 bits per heavy atom. The fourth-order valence-corrected chi connectivity index (χ4v) is 2.29. The molecule has 0 rings (SSSR count). The first-order valence-electron chi connectivity index (χ1n) is 7.87. The molecule has 0 radical (unpaired) electrons. The summed E-state index contributed by atoms with van der Waals surface area (Å²) in [5.74, 6) is 0. The Morgan fingerprint density at radius 2 is 1.72 bits per heavy atom. The number of hydrogen-bond donors (Lipinski definition) is 1. The molecule has 0 aromatic carbocycles. The molecule has 0 amide bonds. The van der Waals surface area contributed by atoms with E-state index in [1.54, 1.807) is 0 Å². The van der Waals surface area contributed by atoms with Crippen LogP contribution in [0.25, 0.3) is 0 Å². The summed E-state index contributed by atoms with van der Waals surface area (Å²) in [5, 5.41) is 3.56. The van der Waals surface area contributed by atoms with Crippen LogP contribution in [0.4, 0.5) is 0 Å². The van der Waals surface area contributed by atoms with E-state index in [0.717, 1.165) is 13.1 Å². The quantitative estimate of drug-likeness (QED) is 0.564. The smallest absolute Gasteiger partial charge is 0.00475 e. The van der Waals surface area contributed by atoms with Crippen LogP contribution in [-0.2, 0) is 0 Å². The second kappa shape index (κ2) is 9.80. The van der Waals surface area contributed by atoms with Crippen LogP contribution in [0.5, 0.6) is 0 Å². The third kappa shape index (κ3) is 8.93. The lowest BCUT2D eigenvalue weighted by atomic mass is 9.92. The van der Waals surface area contributed by atoms with E-state index in [1.165, 1.54) is 38.8 Å². The van der Waals surface area contributed by atoms with Crippen LogP contribution >= 0.6 is 0 Å². The zero-order valence-corrected chi connectivity index (χ0v) is 13.7. The molecule has 2 heteroatoms. The summed E-state index contributed by atoms with van der Waals surface area (Å²) >= 11 is 0. The minimum atomic E-state index is 0.367. The standard InChI is InChI=1S/C16H36N2/c1-7-9-10-12-18(15(3)4)14-16(5,6)13-17-11-8-2/h15,17H,7-14H2,1-6H3. The van der Waals surface area contributed by atoms with Crippen molar-refractivity contribution in [1.82, 2.24) is 10.2 Å². The van der Waals surface area contributed by atoms with Gasteiger partial charge < -0.3 is 10.2 Å². The minimum absolute atomic E-state index is 0.367. The largest absolute Gasteiger partial charge is 0.316 e. The SMILES string of the molecule is CCCCCN(CC(C)(C)CNCCC)C(C)C.